The van der Waals surface area contributed by atoms with E-state index in [2.05, 4.69) is 29.2 Å². The average molecular weight is 445 g/mol. The van der Waals surface area contributed by atoms with Crippen molar-refractivity contribution in [3.8, 4) is 17.3 Å². The maximum absolute atomic E-state index is 12.4. The van der Waals surface area contributed by atoms with E-state index in [1.807, 2.05) is 24.0 Å². The Hall–Kier alpha value is -3.57. The lowest BCUT2D eigenvalue weighted by Gasteiger charge is -2.37. The predicted molar refractivity (Wildman–Crippen MR) is 126 cm³/mol. The molecule has 0 aromatic carbocycles. The van der Waals surface area contributed by atoms with E-state index in [9.17, 15) is 10.1 Å². The summed E-state index contributed by atoms with van der Waals surface area (Å²) in [5, 5.41) is 9.95. The van der Waals surface area contributed by atoms with E-state index in [-0.39, 0.29) is 5.91 Å². The first-order valence-corrected chi connectivity index (χ1v) is 11.1. The summed E-state index contributed by atoms with van der Waals surface area (Å²) in [6, 6.07) is 6.10. The van der Waals surface area contributed by atoms with Gasteiger partial charge in [-0.2, -0.15) is 5.26 Å². The molecule has 0 N–H and O–H groups in total. The quantitative estimate of drug-likeness (QED) is 0.645. The number of ether oxygens (including phenoxy) is 1. The van der Waals surface area contributed by atoms with Crippen molar-refractivity contribution in [3.63, 3.8) is 0 Å². The number of aromatic nitrogens is 3. The van der Waals surface area contributed by atoms with E-state index in [4.69, 9.17) is 9.72 Å². The Morgan fingerprint density at radius 2 is 2.09 bits per heavy atom. The molecule has 1 amide bonds. The van der Waals surface area contributed by atoms with Crippen molar-refractivity contribution in [2.45, 2.75) is 32.1 Å². The molecule has 2 aromatic rings. The Bertz CT molecular complexity index is 1150. The maximum atomic E-state index is 12.4. The van der Waals surface area contributed by atoms with Gasteiger partial charge in [0, 0.05) is 37.4 Å². The Labute approximate surface area is 194 Å². The highest BCUT2D eigenvalue weighted by atomic mass is 16.5. The number of carbonyl (C=O) groups is 1. The van der Waals surface area contributed by atoms with Crippen LogP contribution in [0.4, 0.5) is 5.82 Å². The molecule has 170 valence electrons. The van der Waals surface area contributed by atoms with Crippen LogP contribution in [0.2, 0.25) is 0 Å². The summed E-state index contributed by atoms with van der Waals surface area (Å²) >= 11 is 0. The minimum Gasteiger partial charge on any atom is -0.384 e. The van der Waals surface area contributed by atoms with Gasteiger partial charge in [-0.3, -0.25) is 4.79 Å². The number of rotatable bonds is 7. The van der Waals surface area contributed by atoms with Gasteiger partial charge in [0.25, 0.3) is 0 Å². The third-order valence-corrected chi connectivity index (χ3v) is 5.97. The van der Waals surface area contributed by atoms with Gasteiger partial charge < -0.3 is 14.5 Å². The van der Waals surface area contributed by atoms with Crippen LogP contribution < -0.4 is 4.90 Å². The fourth-order valence-electron chi connectivity index (χ4n) is 4.02. The third-order valence-electron chi connectivity index (χ3n) is 5.97. The van der Waals surface area contributed by atoms with E-state index in [1.54, 1.807) is 12.0 Å². The Morgan fingerprint density at radius 1 is 1.30 bits per heavy atom. The molecule has 1 aliphatic heterocycles. The Balaban J connectivity index is 1.66. The number of hydrogen-bond donors (Lipinski definition) is 0. The van der Waals surface area contributed by atoms with Gasteiger partial charge in [-0.05, 0) is 37.5 Å². The van der Waals surface area contributed by atoms with Crippen LogP contribution >= 0.6 is 0 Å². The lowest BCUT2D eigenvalue weighted by molar-refractivity contribution is -0.130. The summed E-state index contributed by atoms with van der Waals surface area (Å²) in [4.78, 5) is 29.9. The first-order valence-electron chi connectivity index (χ1n) is 11.1. The SMILES string of the molecule is C=C(C)c1cc(-c2cc(C#N)c(N3CCN(C(=O)CCOC)C(=C)C3)nc2C2CC2)ncn1. The molecule has 2 fully saturated rings. The lowest BCUT2D eigenvalue weighted by atomic mass is 10.0. The first kappa shape index (κ1) is 22.6. The zero-order chi connectivity index (χ0) is 23.5. The molecule has 0 spiro atoms. The summed E-state index contributed by atoms with van der Waals surface area (Å²) in [7, 11) is 1.58. The second kappa shape index (κ2) is 9.51. The molecule has 8 nitrogen and oxygen atoms in total. The molecule has 0 bridgehead atoms. The molecule has 2 aliphatic rings. The maximum Gasteiger partial charge on any atom is 0.229 e. The van der Waals surface area contributed by atoms with Gasteiger partial charge in [0.15, 0.2) is 0 Å². The lowest BCUT2D eigenvalue weighted by Crippen LogP contribution is -2.47. The third kappa shape index (κ3) is 4.78. The number of piperazine rings is 1. The van der Waals surface area contributed by atoms with E-state index in [1.165, 1.54) is 6.33 Å². The molecule has 0 radical (unpaired) electrons. The highest BCUT2D eigenvalue weighted by Crippen LogP contribution is 2.44. The first-order chi connectivity index (χ1) is 15.9. The molecule has 1 saturated heterocycles. The monoisotopic (exact) mass is 444 g/mol. The molecular weight excluding hydrogens is 416 g/mol. The summed E-state index contributed by atoms with van der Waals surface area (Å²) in [6.07, 6.45) is 3.99. The van der Waals surface area contributed by atoms with E-state index in [0.29, 0.717) is 55.7 Å². The zero-order valence-electron chi connectivity index (χ0n) is 19.2. The van der Waals surface area contributed by atoms with Crippen molar-refractivity contribution in [2.75, 3.05) is 38.3 Å². The highest BCUT2D eigenvalue weighted by molar-refractivity contribution is 5.79. The summed E-state index contributed by atoms with van der Waals surface area (Å²) in [5.41, 5.74) is 5.39. The zero-order valence-corrected chi connectivity index (χ0v) is 19.2. The number of carbonyl (C=O) groups excluding carboxylic acids is 1. The Kier molecular flexibility index (Phi) is 6.52. The minimum atomic E-state index is 0.000982. The summed E-state index contributed by atoms with van der Waals surface area (Å²) in [5.74, 6) is 0.999. The van der Waals surface area contributed by atoms with Crippen LogP contribution in [0, 0.1) is 11.3 Å². The second-order valence-electron chi connectivity index (χ2n) is 8.52. The Morgan fingerprint density at radius 3 is 2.73 bits per heavy atom. The van der Waals surface area contributed by atoms with Gasteiger partial charge in [0.2, 0.25) is 5.91 Å². The van der Waals surface area contributed by atoms with Gasteiger partial charge in [-0.25, -0.2) is 15.0 Å². The van der Waals surface area contributed by atoms with Gasteiger partial charge in [-0.1, -0.05) is 13.2 Å². The van der Waals surface area contributed by atoms with Gasteiger partial charge in [0.05, 0.1) is 42.2 Å². The molecule has 4 rings (SSSR count). The number of hydrogen-bond acceptors (Lipinski definition) is 7. The molecule has 1 aliphatic carbocycles. The van der Waals surface area contributed by atoms with E-state index < -0.39 is 0 Å². The van der Waals surface area contributed by atoms with Crippen molar-refractivity contribution in [2.24, 2.45) is 0 Å². The van der Waals surface area contributed by atoms with Crippen molar-refractivity contribution in [1.82, 2.24) is 19.9 Å². The molecular formula is C25H28N6O2. The number of nitrogens with zero attached hydrogens (tertiary/aromatic N) is 6. The second-order valence-corrected chi connectivity index (χ2v) is 8.52. The summed E-state index contributed by atoms with van der Waals surface area (Å²) in [6.45, 7) is 11.9. The van der Waals surface area contributed by atoms with Crippen molar-refractivity contribution >= 4 is 17.3 Å². The van der Waals surface area contributed by atoms with Crippen molar-refractivity contribution < 1.29 is 9.53 Å². The van der Waals surface area contributed by atoms with Crippen LogP contribution in [0.5, 0.6) is 0 Å². The topological polar surface area (TPSA) is 95.2 Å². The van der Waals surface area contributed by atoms with Gasteiger partial charge in [-0.15, -0.1) is 0 Å². The van der Waals surface area contributed by atoms with E-state index >= 15 is 0 Å². The largest absolute Gasteiger partial charge is 0.384 e. The fourth-order valence-corrected chi connectivity index (χ4v) is 4.02. The fraction of sp³-hybridized carbons (Fsp3) is 0.400. The van der Waals surface area contributed by atoms with Gasteiger partial charge in [0.1, 0.15) is 18.2 Å². The molecule has 8 heteroatoms. The predicted octanol–water partition coefficient (Wildman–Crippen LogP) is 3.52. The average Bonchev–Trinajstić information content (AvgIpc) is 3.67. The number of methoxy groups -OCH3 is 1. The number of allylic oxidation sites excluding steroid dienone is 1. The molecule has 1 saturated carbocycles. The van der Waals surface area contributed by atoms with Crippen molar-refractivity contribution in [3.05, 3.63) is 54.3 Å². The van der Waals surface area contributed by atoms with Crippen LogP contribution in [0.1, 0.15) is 49.1 Å². The minimum absolute atomic E-state index is 0.000982. The number of nitriles is 1. The smallest absolute Gasteiger partial charge is 0.229 e. The molecule has 0 unspecified atom stereocenters. The standard InChI is InChI=1S/C25H28N6O2/c1-16(2)21-12-22(28-15-27-21)20-11-19(13-26)25(29-24(20)18-5-6-18)30-8-9-31(17(3)14-30)23(32)7-10-33-4/h11-12,15,18H,1,3,5-10,14H2,2,4H3. The molecule has 2 aromatic heterocycles. The van der Waals surface area contributed by atoms with Crippen molar-refractivity contribution in [1.29, 1.82) is 5.26 Å². The molecule has 3 heterocycles. The van der Waals surface area contributed by atoms with Gasteiger partial charge >= 0.3 is 0 Å². The van der Waals surface area contributed by atoms with Crippen LogP contribution in [0.25, 0.3) is 16.8 Å². The van der Waals surface area contributed by atoms with Crippen LogP contribution in [0.3, 0.4) is 0 Å². The van der Waals surface area contributed by atoms with Crippen LogP contribution in [0.15, 0.2) is 37.3 Å². The molecule has 0 atom stereocenters. The van der Waals surface area contributed by atoms with E-state index in [0.717, 1.165) is 41.1 Å². The number of amides is 1. The van der Waals surface area contributed by atoms with Crippen LogP contribution in [-0.4, -0.2) is 59.1 Å². The highest BCUT2D eigenvalue weighted by Gasteiger charge is 2.32. The molecule has 33 heavy (non-hydrogen) atoms. The number of anilines is 1. The summed E-state index contributed by atoms with van der Waals surface area (Å²) < 4.78 is 5.02. The van der Waals surface area contributed by atoms with Crippen LogP contribution in [-0.2, 0) is 9.53 Å². The normalized spacial score (nSPS) is 16.0. The number of pyridine rings is 1.